The summed E-state index contributed by atoms with van der Waals surface area (Å²) in [5.41, 5.74) is 4.15. The molecule has 0 aliphatic heterocycles. The first kappa shape index (κ1) is 13.7. The predicted octanol–water partition coefficient (Wildman–Crippen LogP) is 1.87. The summed E-state index contributed by atoms with van der Waals surface area (Å²) in [7, 11) is 0. The largest absolute Gasteiger partial charge is 0.382 e. The molecule has 1 aliphatic rings. The third-order valence-electron chi connectivity index (χ3n) is 4.45. The molecule has 3 heteroatoms. The van der Waals surface area contributed by atoms with Crippen LogP contribution in [0.3, 0.4) is 0 Å². The molecular formula is C13H25NO2. The van der Waals surface area contributed by atoms with Crippen LogP contribution in [0, 0.1) is 11.3 Å². The van der Waals surface area contributed by atoms with E-state index in [2.05, 4.69) is 6.92 Å². The number of carbonyl (C=O) groups is 1. The molecule has 1 saturated carbocycles. The van der Waals surface area contributed by atoms with Crippen molar-refractivity contribution < 1.29 is 9.90 Å². The smallest absolute Gasteiger partial charge is 0.151 e. The van der Waals surface area contributed by atoms with Crippen molar-refractivity contribution in [2.45, 2.75) is 58.0 Å². The Kier molecular flexibility index (Phi) is 4.51. The molecule has 16 heavy (non-hydrogen) atoms. The molecule has 1 rings (SSSR count). The number of rotatable bonds is 5. The van der Waals surface area contributed by atoms with Gasteiger partial charge in [0.2, 0.25) is 0 Å². The summed E-state index contributed by atoms with van der Waals surface area (Å²) in [4.78, 5) is 11.0. The first-order chi connectivity index (χ1) is 7.51. The number of aliphatic hydroxyl groups is 1. The minimum absolute atomic E-state index is 0.390. The molecule has 3 N–H and O–H groups in total. The zero-order chi connectivity index (χ0) is 12.2. The van der Waals surface area contributed by atoms with E-state index in [1.807, 2.05) is 0 Å². The van der Waals surface area contributed by atoms with Crippen LogP contribution in [0.1, 0.15) is 52.4 Å². The lowest BCUT2D eigenvalue weighted by molar-refractivity contribution is -0.141. The highest BCUT2D eigenvalue weighted by molar-refractivity contribution is 5.63. The van der Waals surface area contributed by atoms with Crippen LogP contribution in [0.5, 0.6) is 0 Å². The van der Waals surface area contributed by atoms with Crippen molar-refractivity contribution in [2.75, 3.05) is 6.54 Å². The summed E-state index contributed by atoms with van der Waals surface area (Å²) in [6.07, 6.45) is 7.07. The molecule has 1 atom stereocenters. The fraction of sp³-hybridized carbons (Fsp3) is 0.923. The van der Waals surface area contributed by atoms with Gasteiger partial charge in [0, 0.05) is 12.0 Å². The Morgan fingerprint density at radius 2 is 2.06 bits per heavy atom. The lowest BCUT2D eigenvalue weighted by Crippen LogP contribution is -2.53. The van der Waals surface area contributed by atoms with Crippen LogP contribution in [0.25, 0.3) is 0 Å². The molecule has 0 amide bonds. The van der Waals surface area contributed by atoms with Crippen LogP contribution in [0.2, 0.25) is 0 Å². The molecule has 0 aromatic carbocycles. The highest BCUT2D eigenvalue weighted by Crippen LogP contribution is 2.45. The lowest BCUT2D eigenvalue weighted by Gasteiger charge is -2.46. The zero-order valence-electron chi connectivity index (χ0n) is 10.5. The Labute approximate surface area is 98.4 Å². The van der Waals surface area contributed by atoms with Gasteiger partial charge in [-0.1, -0.05) is 19.8 Å². The standard InChI is InChI=1S/C13H25NO2/c1-3-4-11-5-7-13(9-14,8-6-11)12(2,16)10-15/h10-11,16H,3-9,14H2,1-2H3. The van der Waals surface area contributed by atoms with E-state index in [4.69, 9.17) is 5.73 Å². The van der Waals surface area contributed by atoms with Crippen molar-refractivity contribution >= 4 is 6.29 Å². The topological polar surface area (TPSA) is 63.3 Å². The average Bonchev–Trinajstić information content (AvgIpc) is 2.30. The summed E-state index contributed by atoms with van der Waals surface area (Å²) >= 11 is 0. The molecule has 3 nitrogen and oxygen atoms in total. The van der Waals surface area contributed by atoms with Gasteiger partial charge in [0.1, 0.15) is 5.60 Å². The summed E-state index contributed by atoms with van der Waals surface area (Å²) in [6.45, 7) is 4.21. The summed E-state index contributed by atoms with van der Waals surface area (Å²) < 4.78 is 0. The second kappa shape index (κ2) is 5.28. The number of carbonyl (C=O) groups excluding carboxylic acids is 1. The van der Waals surface area contributed by atoms with Crippen LogP contribution in [-0.2, 0) is 4.79 Å². The van der Waals surface area contributed by atoms with E-state index in [0.717, 1.165) is 31.6 Å². The van der Waals surface area contributed by atoms with Gasteiger partial charge in [-0.25, -0.2) is 0 Å². The molecule has 0 radical (unpaired) electrons. The van der Waals surface area contributed by atoms with E-state index in [1.165, 1.54) is 12.8 Å². The SMILES string of the molecule is CCCC1CCC(CN)(C(C)(O)C=O)CC1. The minimum atomic E-state index is -1.26. The molecule has 0 bridgehead atoms. The Morgan fingerprint density at radius 1 is 1.50 bits per heavy atom. The molecule has 1 aliphatic carbocycles. The van der Waals surface area contributed by atoms with Gasteiger partial charge in [0.25, 0.3) is 0 Å². The van der Waals surface area contributed by atoms with Crippen LogP contribution in [0.4, 0.5) is 0 Å². The number of hydrogen-bond donors (Lipinski definition) is 2. The predicted molar refractivity (Wildman–Crippen MR) is 65.0 cm³/mol. The van der Waals surface area contributed by atoms with Crippen molar-refractivity contribution in [3.8, 4) is 0 Å². The van der Waals surface area contributed by atoms with Crippen LogP contribution in [0.15, 0.2) is 0 Å². The highest BCUT2D eigenvalue weighted by Gasteiger charge is 2.47. The fourth-order valence-corrected chi connectivity index (χ4v) is 2.97. The molecule has 0 spiro atoms. The second-order valence-corrected chi connectivity index (χ2v) is 5.48. The third kappa shape index (κ3) is 2.46. The Morgan fingerprint density at radius 3 is 2.44 bits per heavy atom. The monoisotopic (exact) mass is 227 g/mol. The minimum Gasteiger partial charge on any atom is -0.382 e. The van der Waals surface area contributed by atoms with Gasteiger partial charge >= 0.3 is 0 Å². The van der Waals surface area contributed by atoms with Crippen molar-refractivity contribution in [2.24, 2.45) is 17.1 Å². The van der Waals surface area contributed by atoms with Gasteiger partial charge < -0.3 is 15.6 Å². The van der Waals surface area contributed by atoms with Gasteiger partial charge in [-0.2, -0.15) is 0 Å². The molecule has 1 fully saturated rings. The van der Waals surface area contributed by atoms with Crippen molar-refractivity contribution in [1.82, 2.24) is 0 Å². The Balaban J connectivity index is 2.69. The molecule has 0 heterocycles. The molecule has 0 aromatic heterocycles. The number of nitrogens with two attached hydrogens (primary N) is 1. The van der Waals surface area contributed by atoms with Crippen LogP contribution < -0.4 is 5.73 Å². The van der Waals surface area contributed by atoms with E-state index < -0.39 is 5.60 Å². The average molecular weight is 227 g/mol. The van der Waals surface area contributed by atoms with Gasteiger partial charge in [0.05, 0.1) is 0 Å². The highest BCUT2D eigenvalue weighted by atomic mass is 16.3. The summed E-state index contributed by atoms with van der Waals surface area (Å²) in [6, 6.07) is 0. The van der Waals surface area contributed by atoms with Crippen molar-refractivity contribution in [3.63, 3.8) is 0 Å². The maximum absolute atomic E-state index is 11.0. The van der Waals surface area contributed by atoms with E-state index in [1.54, 1.807) is 6.92 Å². The van der Waals surface area contributed by atoms with E-state index in [-0.39, 0.29) is 5.41 Å². The van der Waals surface area contributed by atoms with Gasteiger partial charge in [-0.05, 0) is 38.5 Å². The Bertz CT molecular complexity index is 230. The molecule has 0 aromatic rings. The van der Waals surface area contributed by atoms with Crippen molar-refractivity contribution in [3.05, 3.63) is 0 Å². The Hall–Kier alpha value is -0.410. The number of hydrogen-bond acceptors (Lipinski definition) is 3. The maximum Gasteiger partial charge on any atom is 0.151 e. The fourth-order valence-electron chi connectivity index (χ4n) is 2.97. The first-order valence-electron chi connectivity index (χ1n) is 6.40. The maximum atomic E-state index is 11.0. The molecular weight excluding hydrogens is 202 g/mol. The lowest BCUT2D eigenvalue weighted by atomic mass is 9.62. The quantitative estimate of drug-likeness (QED) is 0.705. The molecule has 94 valence electrons. The van der Waals surface area contributed by atoms with Crippen molar-refractivity contribution in [1.29, 1.82) is 0 Å². The normalized spacial score (nSPS) is 34.4. The second-order valence-electron chi connectivity index (χ2n) is 5.48. The summed E-state index contributed by atoms with van der Waals surface area (Å²) in [5.74, 6) is 0.757. The van der Waals surface area contributed by atoms with Gasteiger partial charge in [-0.3, -0.25) is 0 Å². The first-order valence-corrected chi connectivity index (χ1v) is 6.40. The third-order valence-corrected chi connectivity index (χ3v) is 4.45. The zero-order valence-corrected chi connectivity index (χ0v) is 10.5. The number of aldehydes is 1. The van der Waals surface area contributed by atoms with Crippen LogP contribution >= 0.6 is 0 Å². The summed E-state index contributed by atoms with van der Waals surface area (Å²) in [5, 5.41) is 10.2. The van der Waals surface area contributed by atoms with Crippen LogP contribution in [-0.4, -0.2) is 23.5 Å². The van der Waals surface area contributed by atoms with E-state index in [9.17, 15) is 9.90 Å². The van der Waals surface area contributed by atoms with E-state index in [0.29, 0.717) is 12.8 Å². The van der Waals surface area contributed by atoms with Gasteiger partial charge in [-0.15, -0.1) is 0 Å². The molecule has 0 saturated heterocycles. The van der Waals surface area contributed by atoms with E-state index >= 15 is 0 Å². The molecule has 1 unspecified atom stereocenters. The van der Waals surface area contributed by atoms with Gasteiger partial charge in [0.15, 0.2) is 6.29 Å².